The molecule has 12 nitrogen and oxygen atoms in total. The normalized spacial score (nSPS) is 23.6. The van der Waals surface area contributed by atoms with Crippen molar-refractivity contribution in [3.8, 4) is 0 Å². The second-order valence-corrected chi connectivity index (χ2v) is 7.48. The second-order valence-electron chi connectivity index (χ2n) is 4.70. The number of diazo groups is 1. The van der Waals surface area contributed by atoms with Gasteiger partial charge >= 0.3 is 5.08 Å². The molecule has 2 rings (SSSR count). The lowest BCUT2D eigenvalue weighted by molar-refractivity contribution is 0.488. The molecule has 0 aromatic heterocycles. The fraction of sp³-hybridized carbons (Fsp3) is 0. The van der Waals surface area contributed by atoms with Crippen LogP contribution < -0.4 is 0 Å². The van der Waals surface area contributed by atoms with Gasteiger partial charge in [-0.2, -0.15) is 22.4 Å². The van der Waals surface area contributed by atoms with E-state index in [0.717, 1.165) is 24.3 Å². The van der Waals surface area contributed by atoms with Crippen molar-refractivity contribution in [3.05, 3.63) is 62.5 Å². The molecule has 0 atom stereocenters. The molecule has 26 heavy (non-hydrogen) atoms. The minimum Gasteiger partial charge on any atom is -0.282 e. The zero-order valence-corrected chi connectivity index (χ0v) is 14.2. The largest absolute Gasteiger partial charge is 0.339 e. The van der Waals surface area contributed by atoms with Gasteiger partial charge in [-0.05, 0) is 24.3 Å². The summed E-state index contributed by atoms with van der Waals surface area (Å²) in [4.78, 5) is -1.45. The van der Waals surface area contributed by atoms with Crippen LogP contribution in [0.1, 0.15) is 0 Å². The smallest absolute Gasteiger partial charge is 0.282 e. The van der Waals surface area contributed by atoms with Gasteiger partial charge in [0.1, 0.15) is 9.81 Å². The summed E-state index contributed by atoms with van der Waals surface area (Å²) in [6, 6.07) is 0. The fourth-order valence-corrected chi connectivity index (χ4v) is 3.58. The van der Waals surface area contributed by atoms with Crippen LogP contribution in [-0.2, 0) is 20.2 Å². The molecule has 0 bridgehead atoms. The van der Waals surface area contributed by atoms with Gasteiger partial charge in [-0.15, -0.1) is 5.10 Å². The molecule has 0 fully saturated rings. The van der Waals surface area contributed by atoms with Crippen LogP contribution >= 0.6 is 0 Å². The van der Waals surface area contributed by atoms with Crippen molar-refractivity contribution in [1.82, 2.24) is 0 Å². The minimum absolute atomic E-state index is 0.0875. The highest BCUT2D eigenvalue weighted by Crippen LogP contribution is 2.33. The maximum Gasteiger partial charge on any atom is 0.339 e. The maximum absolute atomic E-state index is 11.7. The van der Waals surface area contributed by atoms with Gasteiger partial charge in [0.2, 0.25) is 0 Å². The first-order chi connectivity index (χ1) is 12.1. The van der Waals surface area contributed by atoms with Crippen LogP contribution in [0.5, 0.6) is 0 Å². The molecular formula is C12H9N6O6S2+. The third kappa shape index (κ3) is 4.10. The summed E-state index contributed by atoms with van der Waals surface area (Å²) < 4.78 is 65.5. The highest BCUT2D eigenvalue weighted by Gasteiger charge is 2.30. The Kier molecular flexibility index (Phi) is 5.18. The van der Waals surface area contributed by atoms with Gasteiger partial charge in [-0.3, -0.25) is 9.11 Å². The molecule has 134 valence electrons. The molecule has 3 N–H and O–H groups in total. The van der Waals surface area contributed by atoms with Crippen molar-refractivity contribution in [2.45, 2.75) is 0 Å². The van der Waals surface area contributed by atoms with E-state index in [9.17, 15) is 25.9 Å². The monoisotopic (exact) mass is 397 g/mol. The lowest BCUT2D eigenvalue weighted by Crippen LogP contribution is -2.16. The maximum atomic E-state index is 11.7. The molecule has 0 aromatic rings. The fourth-order valence-electron chi connectivity index (χ4n) is 2.13. The Morgan fingerprint density at radius 1 is 0.885 bits per heavy atom. The molecule has 2 aliphatic carbocycles. The van der Waals surface area contributed by atoms with Gasteiger partial charge in [0.15, 0.2) is 10.8 Å². The summed E-state index contributed by atoms with van der Waals surface area (Å²) in [6.45, 7) is 0. The molecule has 0 amide bonds. The van der Waals surface area contributed by atoms with E-state index < -0.39 is 30.0 Å². The van der Waals surface area contributed by atoms with E-state index in [1.165, 1.54) is 12.2 Å². The van der Waals surface area contributed by atoms with Crippen LogP contribution in [0.25, 0.3) is 5.08 Å². The van der Waals surface area contributed by atoms with E-state index in [-0.39, 0.29) is 22.6 Å². The van der Waals surface area contributed by atoms with E-state index in [1.54, 1.807) is 0 Å². The molecule has 0 saturated carbocycles. The van der Waals surface area contributed by atoms with Crippen LogP contribution in [-0.4, -0.2) is 37.4 Å². The third-order valence-electron chi connectivity index (χ3n) is 3.10. The van der Waals surface area contributed by atoms with Gasteiger partial charge in [-0.25, -0.2) is 0 Å². The topological polar surface area (TPSA) is 198 Å². The van der Waals surface area contributed by atoms with Crippen molar-refractivity contribution in [2.24, 2.45) is 15.4 Å². The Morgan fingerprint density at radius 2 is 1.35 bits per heavy atom. The van der Waals surface area contributed by atoms with Crippen molar-refractivity contribution < 1.29 is 25.9 Å². The van der Waals surface area contributed by atoms with Crippen LogP contribution in [0.3, 0.4) is 0 Å². The first-order valence-corrected chi connectivity index (χ1v) is 9.32. The van der Waals surface area contributed by atoms with Crippen LogP contribution in [0.4, 0.5) is 0 Å². The molecule has 0 radical (unpaired) electrons. The summed E-state index contributed by atoms with van der Waals surface area (Å²) in [5, 5.41) is 20.2. The van der Waals surface area contributed by atoms with Gasteiger partial charge < -0.3 is 0 Å². The molecule has 14 heteroatoms. The summed E-state index contributed by atoms with van der Waals surface area (Å²) in [6.07, 6.45) is 6.34. The molecule has 0 saturated heterocycles. The van der Waals surface area contributed by atoms with Crippen molar-refractivity contribution >= 4 is 31.7 Å². The molecular weight excluding hydrogens is 388 g/mol. The summed E-state index contributed by atoms with van der Waals surface area (Å²) in [7, 11) is -9.66. The van der Waals surface area contributed by atoms with Gasteiger partial charge in [0.05, 0.1) is 5.71 Å². The average molecular weight is 397 g/mol. The summed E-state index contributed by atoms with van der Waals surface area (Å²) in [5.41, 5.74) is 5.89. The number of nitrogens with one attached hydrogen (secondary N) is 1. The Balaban J connectivity index is 2.82. The number of hydrogen-bond acceptors (Lipinski definition) is 8. The van der Waals surface area contributed by atoms with Crippen molar-refractivity contribution in [1.29, 1.82) is 10.9 Å². The predicted molar refractivity (Wildman–Crippen MR) is 89.7 cm³/mol. The average Bonchev–Trinajstić information content (AvgIpc) is 2.54. The highest BCUT2D eigenvalue weighted by atomic mass is 32.2. The van der Waals surface area contributed by atoms with Crippen molar-refractivity contribution in [2.75, 3.05) is 0 Å². The standard InChI is InChI=1S/C12H8N6O6S2/c13-17-15-7-1-3-9(11(5-7)25(19,20)21)10-4-2-8(16-18-14)6-12(10)26(22,23)24/h1-6,13H,(H-,19,20,21,22,23,24)/p+1. The predicted octanol–water partition coefficient (Wildman–Crippen LogP) is 1.56. The Morgan fingerprint density at radius 3 is 1.77 bits per heavy atom. The number of allylic oxidation sites excluding steroid dienone is 8. The molecule has 0 aromatic carbocycles. The van der Waals surface area contributed by atoms with Gasteiger partial charge in [0.25, 0.3) is 25.6 Å². The Bertz CT molecular complexity index is 1140. The molecule has 0 heterocycles. The zero-order chi connectivity index (χ0) is 19.5. The van der Waals surface area contributed by atoms with Crippen LogP contribution in [0.2, 0.25) is 0 Å². The van der Waals surface area contributed by atoms with Crippen molar-refractivity contribution in [3.63, 3.8) is 0 Å². The molecule has 2 aliphatic rings. The third-order valence-corrected chi connectivity index (χ3v) is 4.89. The van der Waals surface area contributed by atoms with E-state index in [4.69, 9.17) is 10.9 Å². The Hall–Kier alpha value is -3.12. The van der Waals surface area contributed by atoms with E-state index in [0.29, 0.717) is 0 Å². The SMILES string of the molecule is N#[N+]N=C1C=CC(=C2C=CC(=NN=N)C=C2S(=O)(=O)O)C(S(=O)(=O)O)=C1. The Labute approximate surface area is 146 Å². The molecule has 0 spiro atoms. The highest BCUT2D eigenvalue weighted by molar-refractivity contribution is 7.90. The first-order valence-electron chi connectivity index (χ1n) is 6.44. The zero-order valence-electron chi connectivity index (χ0n) is 12.5. The van der Waals surface area contributed by atoms with Crippen LogP contribution in [0, 0.1) is 10.9 Å². The number of hydrogen-bond donors (Lipinski definition) is 3. The molecule has 0 aliphatic heterocycles. The first kappa shape index (κ1) is 19.2. The molecule has 0 unspecified atom stereocenters. The van der Waals surface area contributed by atoms with E-state index >= 15 is 0 Å². The van der Waals surface area contributed by atoms with Gasteiger partial charge in [-0.1, -0.05) is 17.4 Å². The van der Waals surface area contributed by atoms with Crippen LogP contribution in [0.15, 0.2) is 72.8 Å². The lowest BCUT2D eigenvalue weighted by Gasteiger charge is -2.17. The quantitative estimate of drug-likeness (QED) is 0.277. The minimum atomic E-state index is -4.84. The summed E-state index contributed by atoms with van der Waals surface area (Å²) in [5.74, 6) is 0. The second kappa shape index (κ2) is 7.01. The number of nitrogens with zero attached hydrogens (tertiary/aromatic N) is 5. The van der Waals surface area contributed by atoms with E-state index in [2.05, 4.69) is 20.5 Å². The lowest BCUT2D eigenvalue weighted by atomic mass is 9.98. The van der Waals surface area contributed by atoms with Gasteiger partial charge in [0, 0.05) is 11.1 Å². The van der Waals surface area contributed by atoms with E-state index in [1.807, 2.05) is 0 Å². The number of rotatable bonds is 3. The summed E-state index contributed by atoms with van der Waals surface area (Å²) >= 11 is 0.